The van der Waals surface area contributed by atoms with Gasteiger partial charge in [0.05, 0.1) is 17.4 Å². The summed E-state index contributed by atoms with van der Waals surface area (Å²) in [7, 11) is 1.35. The van der Waals surface area contributed by atoms with Crippen molar-refractivity contribution >= 4 is 45.1 Å². The molecule has 1 aliphatic carbocycles. The smallest absolute Gasteiger partial charge is 0.475 e. The van der Waals surface area contributed by atoms with Crippen molar-refractivity contribution in [2.75, 3.05) is 10.6 Å². The van der Waals surface area contributed by atoms with E-state index in [1.807, 2.05) is 0 Å². The number of carbonyl (C=O) groups excluding carboxylic acids is 1. The van der Waals surface area contributed by atoms with Crippen LogP contribution in [-0.4, -0.2) is 55.0 Å². The number of hydrogen-bond donors (Lipinski definition) is 4. The van der Waals surface area contributed by atoms with E-state index >= 15 is 0 Å². The number of hydrogen-bond acceptors (Lipinski definition) is 8. The number of aromatic nitrogens is 4. The molecule has 202 valence electrons. The van der Waals surface area contributed by atoms with Gasteiger partial charge in [-0.3, -0.25) is 9.48 Å². The first-order valence-electron chi connectivity index (χ1n) is 10.7. The first kappa shape index (κ1) is 28.1. The lowest BCUT2D eigenvalue weighted by Crippen LogP contribution is -2.42. The van der Waals surface area contributed by atoms with Crippen molar-refractivity contribution in [1.82, 2.24) is 19.7 Å². The largest absolute Gasteiger partial charge is 0.490 e. The van der Waals surface area contributed by atoms with Crippen LogP contribution in [0.1, 0.15) is 41.7 Å². The van der Waals surface area contributed by atoms with Gasteiger partial charge in [-0.1, -0.05) is 12.8 Å². The van der Waals surface area contributed by atoms with Gasteiger partial charge in [-0.25, -0.2) is 14.8 Å². The Labute approximate surface area is 208 Å². The van der Waals surface area contributed by atoms with Gasteiger partial charge in [-0.2, -0.15) is 31.4 Å². The zero-order valence-electron chi connectivity index (χ0n) is 19.0. The normalized spacial score (nSPS) is 18.2. The molecule has 37 heavy (non-hydrogen) atoms. The topological polar surface area (TPSA) is 148 Å². The molecule has 0 saturated heterocycles. The predicted octanol–water partition coefficient (Wildman–Crippen LogP) is 4.01. The predicted molar refractivity (Wildman–Crippen MR) is 121 cm³/mol. The Balaban J connectivity index is 0.000000479. The highest BCUT2D eigenvalue weighted by Crippen LogP contribution is 2.34. The number of halogens is 6. The van der Waals surface area contributed by atoms with Gasteiger partial charge in [0.25, 0.3) is 5.91 Å². The number of carbonyl (C=O) groups is 2. The average molecular weight is 553 g/mol. The summed E-state index contributed by atoms with van der Waals surface area (Å²) < 4.78 is 72.2. The molecule has 1 fully saturated rings. The second kappa shape index (κ2) is 10.9. The molecule has 1 aliphatic rings. The number of anilines is 2. The number of fused-ring (bicyclic) bond motifs is 1. The van der Waals surface area contributed by atoms with Crippen LogP contribution in [0.3, 0.4) is 0 Å². The van der Waals surface area contributed by atoms with E-state index < -0.39 is 35.6 Å². The molecule has 0 aliphatic heterocycles. The highest BCUT2D eigenvalue weighted by molar-refractivity contribution is 7.17. The second-order valence-electron chi connectivity index (χ2n) is 8.08. The third kappa shape index (κ3) is 7.06. The van der Waals surface area contributed by atoms with Crippen LogP contribution < -0.4 is 16.4 Å². The van der Waals surface area contributed by atoms with E-state index in [1.165, 1.54) is 23.8 Å². The van der Waals surface area contributed by atoms with Gasteiger partial charge in [0, 0.05) is 30.7 Å². The van der Waals surface area contributed by atoms with Gasteiger partial charge < -0.3 is 21.5 Å². The molecule has 3 heterocycles. The highest BCUT2D eigenvalue weighted by atomic mass is 32.1. The van der Waals surface area contributed by atoms with Crippen LogP contribution in [0.4, 0.5) is 37.8 Å². The van der Waals surface area contributed by atoms with E-state index in [4.69, 9.17) is 15.6 Å². The molecule has 0 radical (unpaired) electrons. The Hall–Kier alpha value is -3.47. The monoisotopic (exact) mass is 553 g/mol. The van der Waals surface area contributed by atoms with Crippen molar-refractivity contribution in [2.24, 2.45) is 12.8 Å². The van der Waals surface area contributed by atoms with Crippen LogP contribution >= 0.6 is 11.3 Å². The number of nitrogens with two attached hydrogens (primary N) is 1. The van der Waals surface area contributed by atoms with E-state index in [1.54, 1.807) is 6.20 Å². The van der Waals surface area contributed by atoms with Crippen molar-refractivity contribution in [3.8, 4) is 0 Å². The molecule has 5 N–H and O–H groups in total. The standard InChI is InChI=1S/C18H20F3N7OS.C2HF3O2/c1-28-7-12(15(27-28)18(19,20)21)25-16(29)9-8-30-17-14(9)26-13(6-23-17)24-11-5-3-2-4-10(11)22;3-2(4,5)1(6)7/h6-8,10-11H,2-5,22H2,1H3,(H,24,26)(H,25,29);(H,6,7)/t10-,11+;/m0./s1. The Morgan fingerprint density at radius 3 is 2.43 bits per heavy atom. The third-order valence-corrected chi connectivity index (χ3v) is 6.14. The van der Waals surface area contributed by atoms with Crippen molar-refractivity contribution in [1.29, 1.82) is 0 Å². The minimum Gasteiger partial charge on any atom is -0.475 e. The van der Waals surface area contributed by atoms with E-state index in [2.05, 4.69) is 25.7 Å². The van der Waals surface area contributed by atoms with Gasteiger partial charge in [-0.05, 0) is 12.8 Å². The van der Waals surface area contributed by atoms with Crippen LogP contribution in [0.25, 0.3) is 10.3 Å². The van der Waals surface area contributed by atoms with E-state index in [0.29, 0.717) is 16.2 Å². The van der Waals surface area contributed by atoms with E-state index in [9.17, 15) is 31.1 Å². The summed E-state index contributed by atoms with van der Waals surface area (Å²) in [6.07, 6.45) is -3.09. The van der Waals surface area contributed by atoms with Crippen molar-refractivity contribution in [2.45, 2.75) is 50.1 Å². The molecular formula is C20H21F6N7O3S. The molecule has 3 aromatic heterocycles. The summed E-state index contributed by atoms with van der Waals surface area (Å²) in [5, 5.41) is 17.6. The molecule has 10 nitrogen and oxygen atoms in total. The lowest BCUT2D eigenvalue weighted by molar-refractivity contribution is -0.192. The molecule has 4 rings (SSSR count). The maximum absolute atomic E-state index is 13.1. The maximum atomic E-state index is 13.1. The lowest BCUT2D eigenvalue weighted by Gasteiger charge is -2.29. The number of rotatable bonds is 4. The number of carboxylic acids is 1. The maximum Gasteiger partial charge on any atom is 0.490 e. The Morgan fingerprint density at radius 1 is 1.19 bits per heavy atom. The lowest BCUT2D eigenvalue weighted by atomic mass is 9.91. The van der Waals surface area contributed by atoms with Crippen LogP contribution in [0.2, 0.25) is 0 Å². The Morgan fingerprint density at radius 2 is 1.84 bits per heavy atom. The molecule has 0 bridgehead atoms. The second-order valence-corrected chi connectivity index (χ2v) is 8.94. The van der Waals surface area contributed by atoms with Crippen molar-refractivity contribution < 1.29 is 41.0 Å². The fourth-order valence-electron chi connectivity index (χ4n) is 3.55. The van der Waals surface area contributed by atoms with Gasteiger partial charge in [-0.15, -0.1) is 11.3 Å². The number of amides is 1. The zero-order chi connectivity index (χ0) is 27.5. The first-order valence-corrected chi connectivity index (χ1v) is 11.5. The average Bonchev–Trinajstić information content (AvgIpc) is 3.38. The fraction of sp³-hybridized carbons (Fsp3) is 0.450. The number of carboxylic acid groups (broad SMARTS) is 1. The zero-order valence-corrected chi connectivity index (χ0v) is 19.8. The first-order chi connectivity index (χ1) is 17.2. The molecule has 2 atom stereocenters. The van der Waals surface area contributed by atoms with E-state index in [0.717, 1.165) is 36.6 Å². The minimum atomic E-state index is -5.08. The minimum absolute atomic E-state index is 0.00728. The fourth-order valence-corrected chi connectivity index (χ4v) is 4.38. The Bertz CT molecular complexity index is 1270. The van der Waals surface area contributed by atoms with Crippen LogP contribution in [0.5, 0.6) is 0 Å². The summed E-state index contributed by atoms with van der Waals surface area (Å²) in [5.74, 6) is -2.98. The number of nitrogens with zero attached hydrogens (tertiary/aromatic N) is 4. The van der Waals surface area contributed by atoms with Crippen LogP contribution in [0, 0.1) is 0 Å². The molecule has 1 amide bonds. The van der Waals surface area contributed by atoms with Crippen molar-refractivity contribution in [3.63, 3.8) is 0 Å². The quantitative estimate of drug-likeness (QED) is 0.354. The molecular weight excluding hydrogens is 532 g/mol. The number of alkyl halides is 6. The number of nitrogens with one attached hydrogen (secondary N) is 2. The summed E-state index contributed by atoms with van der Waals surface area (Å²) in [6, 6.07) is 0.0685. The van der Waals surface area contributed by atoms with Crippen molar-refractivity contribution in [3.05, 3.63) is 29.0 Å². The molecule has 0 spiro atoms. The molecule has 0 unspecified atom stereocenters. The SMILES string of the molecule is Cn1cc(NC(=O)c2csc3ncc(N[C@@H]4CCCC[C@@H]4N)nc23)c(C(F)(F)F)n1.O=C(O)C(F)(F)F. The number of aryl methyl sites for hydroxylation is 1. The molecule has 17 heteroatoms. The summed E-state index contributed by atoms with van der Waals surface area (Å²) in [4.78, 5) is 30.9. The summed E-state index contributed by atoms with van der Waals surface area (Å²) in [5.41, 5.74) is 5.07. The van der Waals surface area contributed by atoms with E-state index in [-0.39, 0.29) is 17.6 Å². The van der Waals surface area contributed by atoms with Gasteiger partial charge >= 0.3 is 18.3 Å². The van der Waals surface area contributed by atoms with Gasteiger partial charge in [0.15, 0.2) is 5.69 Å². The summed E-state index contributed by atoms with van der Waals surface area (Å²) >= 11 is 1.19. The third-order valence-electron chi connectivity index (χ3n) is 5.27. The number of aliphatic carboxylic acids is 1. The van der Waals surface area contributed by atoms with Crippen LogP contribution in [-0.2, 0) is 18.0 Å². The van der Waals surface area contributed by atoms with Gasteiger partial charge in [0.2, 0.25) is 0 Å². The number of thiophene rings is 1. The Kier molecular flexibility index (Phi) is 8.26. The highest BCUT2D eigenvalue weighted by Gasteiger charge is 2.39. The molecule has 3 aromatic rings. The summed E-state index contributed by atoms with van der Waals surface area (Å²) in [6.45, 7) is 0. The molecule has 0 aromatic carbocycles. The van der Waals surface area contributed by atoms with Crippen LogP contribution in [0.15, 0.2) is 17.8 Å². The van der Waals surface area contributed by atoms with Gasteiger partial charge in [0.1, 0.15) is 16.2 Å². The molecule has 1 saturated carbocycles.